The molecule has 0 radical (unpaired) electrons. The lowest BCUT2D eigenvalue weighted by Crippen LogP contribution is -1.93. The summed E-state index contributed by atoms with van der Waals surface area (Å²) in [4.78, 5) is 4.55. The number of fused-ring (bicyclic) bond motifs is 1. The molecule has 3 aromatic rings. The van der Waals surface area contributed by atoms with Crippen LogP contribution in [-0.4, -0.2) is 4.98 Å². The Morgan fingerprint density at radius 2 is 1.45 bits per heavy atom. The molecule has 0 bridgehead atoms. The summed E-state index contributed by atoms with van der Waals surface area (Å²) < 4.78 is 0. The Bertz CT molecular complexity index is 668. The Labute approximate surface area is 120 Å². The van der Waals surface area contributed by atoms with Crippen molar-refractivity contribution in [1.29, 1.82) is 0 Å². The van der Waals surface area contributed by atoms with Crippen LogP contribution in [0.15, 0.2) is 66.9 Å². The third-order valence-corrected chi connectivity index (χ3v) is 3.73. The largest absolute Gasteiger partial charge is 0.261 e. The van der Waals surface area contributed by atoms with E-state index in [1.165, 1.54) is 34.9 Å². The van der Waals surface area contributed by atoms with Crippen molar-refractivity contribution in [3.8, 4) is 0 Å². The van der Waals surface area contributed by atoms with E-state index in [4.69, 9.17) is 0 Å². The molecule has 0 saturated heterocycles. The van der Waals surface area contributed by atoms with Gasteiger partial charge in [-0.1, -0.05) is 54.6 Å². The molecule has 2 aromatic carbocycles. The smallest absolute Gasteiger partial charge is 0.0481 e. The molecule has 0 amide bonds. The molecule has 20 heavy (non-hydrogen) atoms. The molecule has 0 unspecified atom stereocenters. The fraction of sp³-hybridized carbons (Fsp3) is 0.211. The highest BCUT2D eigenvalue weighted by Crippen LogP contribution is 2.18. The first-order chi connectivity index (χ1) is 9.93. The molecule has 1 heteroatoms. The van der Waals surface area contributed by atoms with Gasteiger partial charge in [-0.2, -0.15) is 0 Å². The van der Waals surface area contributed by atoms with Crippen molar-refractivity contribution in [1.82, 2.24) is 4.98 Å². The Hall–Kier alpha value is -2.15. The number of nitrogens with zero attached hydrogens (tertiary/aromatic N) is 1. The molecule has 0 N–H and O–H groups in total. The Morgan fingerprint density at radius 3 is 2.35 bits per heavy atom. The monoisotopic (exact) mass is 261 g/mol. The summed E-state index contributed by atoms with van der Waals surface area (Å²) in [6, 6.07) is 21.3. The van der Waals surface area contributed by atoms with Gasteiger partial charge < -0.3 is 0 Å². The van der Waals surface area contributed by atoms with Gasteiger partial charge in [-0.3, -0.25) is 4.98 Å². The van der Waals surface area contributed by atoms with E-state index >= 15 is 0 Å². The molecule has 3 rings (SSSR count). The summed E-state index contributed by atoms with van der Waals surface area (Å²) in [6.07, 6.45) is 6.56. The number of pyridine rings is 1. The Balaban J connectivity index is 1.60. The molecule has 0 saturated carbocycles. The third kappa shape index (κ3) is 3.05. The minimum Gasteiger partial charge on any atom is -0.261 e. The summed E-state index contributed by atoms with van der Waals surface area (Å²) in [5.74, 6) is 0. The van der Waals surface area contributed by atoms with Gasteiger partial charge in [0.05, 0.1) is 0 Å². The van der Waals surface area contributed by atoms with E-state index in [1.807, 2.05) is 6.20 Å². The lowest BCUT2D eigenvalue weighted by atomic mass is 10.0. The minimum absolute atomic E-state index is 1.06. The van der Waals surface area contributed by atoms with E-state index in [-0.39, 0.29) is 0 Å². The quantitative estimate of drug-likeness (QED) is 0.601. The second-order valence-corrected chi connectivity index (χ2v) is 5.17. The summed E-state index contributed by atoms with van der Waals surface area (Å²) in [5.41, 5.74) is 2.66. The number of hydrogen-bond donors (Lipinski definition) is 0. The van der Waals surface area contributed by atoms with Crippen molar-refractivity contribution in [2.75, 3.05) is 0 Å². The van der Waals surface area contributed by atoms with Crippen molar-refractivity contribution in [3.63, 3.8) is 0 Å². The lowest BCUT2D eigenvalue weighted by Gasteiger charge is -2.05. The summed E-state index contributed by atoms with van der Waals surface area (Å²) >= 11 is 0. The zero-order valence-corrected chi connectivity index (χ0v) is 11.6. The molecule has 1 aromatic heterocycles. The summed E-state index contributed by atoms with van der Waals surface area (Å²) in [5, 5.41) is 2.59. The van der Waals surface area contributed by atoms with E-state index in [1.54, 1.807) is 0 Å². The van der Waals surface area contributed by atoms with Crippen LogP contribution in [-0.2, 0) is 12.8 Å². The molecule has 0 atom stereocenters. The van der Waals surface area contributed by atoms with E-state index in [0.717, 1.165) is 12.8 Å². The molecule has 0 aliphatic rings. The fourth-order valence-corrected chi connectivity index (χ4v) is 2.65. The van der Waals surface area contributed by atoms with Crippen LogP contribution in [0.1, 0.15) is 24.1 Å². The normalized spacial score (nSPS) is 10.8. The highest BCUT2D eigenvalue weighted by atomic mass is 14.7. The zero-order valence-electron chi connectivity index (χ0n) is 11.6. The second-order valence-electron chi connectivity index (χ2n) is 5.17. The number of benzene rings is 2. The number of unbranched alkanes of at least 4 members (excludes halogenated alkanes) is 1. The van der Waals surface area contributed by atoms with Crippen molar-refractivity contribution in [2.45, 2.75) is 25.7 Å². The molecular formula is C19H19N. The Kier molecular flexibility index (Phi) is 4.07. The van der Waals surface area contributed by atoms with Gasteiger partial charge in [0.25, 0.3) is 0 Å². The molecule has 100 valence electrons. The number of aromatic nitrogens is 1. The Morgan fingerprint density at radius 1 is 0.700 bits per heavy atom. The molecular weight excluding hydrogens is 242 g/mol. The van der Waals surface area contributed by atoms with Crippen LogP contribution >= 0.6 is 0 Å². The predicted octanol–water partition coefficient (Wildman–Crippen LogP) is 4.80. The maximum Gasteiger partial charge on any atom is 0.0481 e. The molecule has 0 aliphatic carbocycles. The van der Waals surface area contributed by atoms with Gasteiger partial charge in [-0.25, -0.2) is 0 Å². The standard InChI is InChI=1S/C19H19N/c1-2-8-16(9-3-1)10-4-7-13-19-18-12-6-5-11-17(18)14-15-20-19/h1-3,5-6,8-9,11-12,14-15H,4,7,10,13H2. The molecule has 0 aliphatic heterocycles. The molecule has 0 fully saturated rings. The summed E-state index contributed by atoms with van der Waals surface area (Å²) in [6.45, 7) is 0. The van der Waals surface area contributed by atoms with E-state index in [2.05, 4.69) is 65.6 Å². The van der Waals surface area contributed by atoms with Gasteiger partial charge in [0.2, 0.25) is 0 Å². The summed E-state index contributed by atoms with van der Waals surface area (Å²) in [7, 11) is 0. The van der Waals surface area contributed by atoms with Gasteiger partial charge >= 0.3 is 0 Å². The van der Waals surface area contributed by atoms with Crippen LogP contribution in [0.25, 0.3) is 10.8 Å². The molecule has 0 spiro atoms. The van der Waals surface area contributed by atoms with Gasteiger partial charge in [-0.05, 0) is 42.7 Å². The van der Waals surface area contributed by atoms with Crippen molar-refractivity contribution in [2.24, 2.45) is 0 Å². The highest BCUT2D eigenvalue weighted by molar-refractivity contribution is 5.84. The average molecular weight is 261 g/mol. The third-order valence-electron chi connectivity index (χ3n) is 3.73. The zero-order chi connectivity index (χ0) is 13.6. The van der Waals surface area contributed by atoms with E-state index in [9.17, 15) is 0 Å². The van der Waals surface area contributed by atoms with Crippen LogP contribution < -0.4 is 0 Å². The lowest BCUT2D eigenvalue weighted by molar-refractivity contribution is 0.726. The first-order valence-electron chi connectivity index (χ1n) is 7.30. The SMILES string of the molecule is c1ccc(CCCCc2nccc3ccccc23)cc1. The minimum atomic E-state index is 1.06. The van der Waals surface area contributed by atoms with Gasteiger partial charge in [-0.15, -0.1) is 0 Å². The van der Waals surface area contributed by atoms with Crippen molar-refractivity contribution >= 4 is 10.8 Å². The number of hydrogen-bond acceptors (Lipinski definition) is 1. The van der Waals surface area contributed by atoms with E-state index in [0.29, 0.717) is 0 Å². The van der Waals surface area contributed by atoms with Crippen LogP contribution in [0.5, 0.6) is 0 Å². The first-order valence-corrected chi connectivity index (χ1v) is 7.30. The van der Waals surface area contributed by atoms with Crippen LogP contribution in [0, 0.1) is 0 Å². The van der Waals surface area contributed by atoms with Crippen LogP contribution in [0.2, 0.25) is 0 Å². The predicted molar refractivity (Wildman–Crippen MR) is 84.8 cm³/mol. The van der Waals surface area contributed by atoms with E-state index < -0.39 is 0 Å². The van der Waals surface area contributed by atoms with Crippen LogP contribution in [0.3, 0.4) is 0 Å². The average Bonchev–Trinajstić information content (AvgIpc) is 2.53. The second kappa shape index (κ2) is 6.33. The fourth-order valence-electron chi connectivity index (χ4n) is 2.65. The topological polar surface area (TPSA) is 12.9 Å². The van der Waals surface area contributed by atoms with Crippen molar-refractivity contribution in [3.05, 3.63) is 78.1 Å². The van der Waals surface area contributed by atoms with Gasteiger partial charge in [0.15, 0.2) is 0 Å². The number of rotatable bonds is 5. The van der Waals surface area contributed by atoms with Crippen molar-refractivity contribution < 1.29 is 0 Å². The van der Waals surface area contributed by atoms with Crippen LogP contribution in [0.4, 0.5) is 0 Å². The number of aryl methyl sites for hydroxylation is 2. The maximum atomic E-state index is 4.55. The first kappa shape index (κ1) is 12.9. The molecule has 1 nitrogen and oxygen atoms in total. The highest BCUT2D eigenvalue weighted by Gasteiger charge is 2.01. The van der Waals surface area contributed by atoms with Gasteiger partial charge in [0, 0.05) is 17.3 Å². The van der Waals surface area contributed by atoms with Gasteiger partial charge in [0.1, 0.15) is 0 Å². The molecule has 1 heterocycles. The maximum absolute atomic E-state index is 4.55.